The van der Waals surface area contributed by atoms with Gasteiger partial charge in [0, 0.05) is 24.5 Å². The average Bonchev–Trinajstić information content (AvgIpc) is 3.17. The number of anilines is 1. The molecule has 0 spiro atoms. The lowest BCUT2D eigenvalue weighted by Crippen LogP contribution is -2.04. The molecule has 1 N–H and O–H groups in total. The van der Waals surface area contributed by atoms with Gasteiger partial charge in [-0.15, -0.1) is 0 Å². The summed E-state index contributed by atoms with van der Waals surface area (Å²) in [5.74, 6) is 0. The van der Waals surface area contributed by atoms with Gasteiger partial charge in [-0.3, -0.25) is 0 Å². The third kappa shape index (κ3) is 2.44. The molecule has 3 aromatic rings. The van der Waals surface area contributed by atoms with Crippen LogP contribution < -0.4 is 5.32 Å². The van der Waals surface area contributed by atoms with E-state index in [1.807, 2.05) is 36.7 Å². The fraction of sp³-hybridized carbons (Fsp3) is 0.0714. The zero-order chi connectivity index (χ0) is 13.8. The monoisotopic (exact) mass is 266 g/mol. The minimum Gasteiger partial charge on any atom is -0.379 e. The van der Waals surface area contributed by atoms with Crippen LogP contribution in [0.5, 0.6) is 0 Å². The highest BCUT2D eigenvalue weighted by Gasteiger charge is 2.04. The van der Waals surface area contributed by atoms with Gasteiger partial charge in [-0.25, -0.2) is 14.3 Å². The highest BCUT2D eigenvalue weighted by atomic mass is 15.3. The second-order valence-electron chi connectivity index (χ2n) is 4.22. The quantitative estimate of drug-likeness (QED) is 0.769. The van der Waals surface area contributed by atoms with Crippen LogP contribution in [-0.4, -0.2) is 24.5 Å². The Kier molecular flexibility index (Phi) is 3.28. The topological polar surface area (TPSA) is 60.6 Å². The van der Waals surface area contributed by atoms with Crippen LogP contribution in [0.4, 0.5) is 5.69 Å². The first kappa shape index (κ1) is 12.2. The van der Waals surface area contributed by atoms with E-state index in [1.165, 1.54) is 6.33 Å². The molecule has 3 rings (SSSR count). The van der Waals surface area contributed by atoms with Crippen molar-refractivity contribution in [3.05, 3.63) is 61.5 Å². The highest BCUT2D eigenvalue weighted by Crippen LogP contribution is 2.19. The fourth-order valence-electron chi connectivity index (χ4n) is 1.92. The largest absolute Gasteiger partial charge is 0.379 e. The van der Waals surface area contributed by atoms with E-state index in [1.54, 1.807) is 21.9 Å². The number of hydrogen-bond acceptors (Lipinski definition) is 4. The smallest absolute Gasteiger partial charge is 0.138 e. The molecule has 0 bridgehead atoms. The summed E-state index contributed by atoms with van der Waals surface area (Å²) in [6, 6.07) is 7.95. The van der Waals surface area contributed by atoms with Crippen LogP contribution in [0.15, 0.2) is 55.9 Å². The number of nitrogens with zero attached hydrogens (tertiary/aromatic N) is 5. The standard InChI is InChI=1S/C14H14N6/c1-2-19-9-12(8-17-19)7-16-13-5-3-4-6-14(13)20-11-15-10-18-20/h2-6,8-11,16H,1,7H2. The van der Waals surface area contributed by atoms with Crippen LogP contribution in [0.3, 0.4) is 0 Å². The molecule has 0 amide bonds. The van der Waals surface area contributed by atoms with Gasteiger partial charge in [0.2, 0.25) is 0 Å². The van der Waals surface area contributed by atoms with Gasteiger partial charge >= 0.3 is 0 Å². The van der Waals surface area contributed by atoms with Crippen LogP contribution in [-0.2, 0) is 6.54 Å². The summed E-state index contributed by atoms with van der Waals surface area (Å²) in [6.07, 6.45) is 8.60. The summed E-state index contributed by atoms with van der Waals surface area (Å²) in [6.45, 7) is 4.35. The molecule has 100 valence electrons. The predicted molar refractivity (Wildman–Crippen MR) is 77.3 cm³/mol. The van der Waals surface area contributed by atoms with E-state index in [4.69, 9.17) is 0 Å². The molecule has 0 aliphatic carbocycles. The van der Waals surface area contributed by atoms with Gasteiger partial charge in [0.1, 0.15) is 12.7 Å². The molecule has 0 aliphatic rings. The minimum atomic E-state index is 0.680. The van der Waals surface area contributed by atoms with Crippen molar-refractivity contribution in [2.45, 2.75) is 6.54 Å². The van der Waals surface area contributed by atoms with Gasteiger partial charge in [0.25, 0.3) is 0 Å². The van der Waals surface area contributed by atoms with Crippen molar-refractivity contribution in [1.82, 2.24) is 24.5 Å². The Hall–Kier alpha value is -2.89. The van der Waals surface area contributed by atoms with Gasteiger partial charge in [-0.1, -0.05) is 18.7 Å². The number of hydrogen-bond donors (Lipinski definition) is 1. The lowest BCUT2D eigenvalue weighted by atomic mass is 10.2. The molecule has 0 fully saturated rings. The molecule has 0 saturated carbocycles. The lowest BCUT2D eigenvalue weighted by Gasteiger charge is -2.10. The van der Waals surface area contributed by atoms with Crippen LogP contribution in [0.2, 0.25) is 0 Å². The lowest BCUT2D eigenvalue weighted by molar-refractivity contribution is 0.878. The number of aromatic nitrogens is 5. The summed E-state index contributed by atoms with van der Waals surface area (Å²) < 4.78 is 3.41. The van der Waals surface area contributed by atoms with E-state index in [9.17, 15) is 0 Å². The molecule has 0 atom stereocenters. The first-order chi connectivity index (χ1) is 9.86. The molecule has 2 heterocycles. The summed E-state index contributed by atoms with van der Waals surface area (Å²) in [7, 11) is 0. The minimum absolute atomic E-state index is 0.680. The van der Waals surface area contributed by atoms with Gasteiger partial charge in [-0.05, 0) is 12.1 Å². The van der Waals surface area contributed by atoms with Gasteiger partial charge in [-0.2, -0.15) is 10.2 Å². The maximum atomic E-state index is 4.16. The first-order valence-corrected chi connectivity index (χ1v) is 6.20. The van der Waals surface area contributed by atoms with E-state index in [-0.39, 0.29) is 0 Å². The van der Waals surface area contributed by atoms with E-state index in [0.717, 1.165) is 16.9 Å². The Balaban J connectivity index is 1.79. The maximum absolute atomic E-state index is 4.16. The van der Waals surface area contributed by atoms with Gasteiger partial charge in [0.15, 0.2) is 0 Å². The zero-order valence-corrected chi connectivity index (χ0v) is 10.8. The number of para-hydroxylation sites is 2. The Bertz CT molecular complexity index is 698. The Morgan fingerprint density at radius 2 is 2.15 bits per heavy atom. The molecule has 1 aromatic carbocycles. The van der Waals surface area contributed by atoms with E-state index in [0.29, 0.717) is 6.54 Å². The van der Waals surface area contributed by atoms with Crippen LogP contribution in [0, 0.1) is 0 Å². The van der Waals surface area contributed by atoms with Crippen molar-refractivity contribution >= 4 is 11.9 Å². The van der Waals surface area contributed by atoms with E-state index in [2.05, 4.69) is 27.1 Å². The predicted octanol–water partition coefficient (Wildman–Crippen LogP) is 2.18. The normalized spacial score (nSPS) is 10.4. The second kappa shape index (κ2) is 5.40. The fourth-order valence-corrected chi connectivity index (χ4v) is 1.92. The SMILES string of the molecule is C=Cn1cc(CNc2ccccc2-n2cncn2)cn1. The van der Waals surface area contributed by atoms with Gasteiger partial charge in [0.05, 0.1) is 17.6 Å². The molecule has 20 heavy (non-hydrogen) atoms. The van der Waals surface area contributed by atoms with Gasteiger partial charge < -0.3 is 5.32 Å². The van der Waals surface area contributed by atoms with Crippen molar-refractivity contribution in [3.8, 4) is 5.69 Å². The zero-order valence-electron chi connectivity index (χ0n) is 10.8. The number of rotatable bonds is 5. The molecule has 0 radical (unpaired) electrons. The van der Waals surface area contributed by atoms with Crippen LogP contribution in [0.25, 0.3) is 11.9 Å². The Morgan fingerprint density at radius 3 is 2.90 bits per heavy atom. The van der Waals surface area contributed by atoms with Crippen molar-refractivity contribution < 1.29 is 0 Å². The van der Waals surface area contributed by atoms with Crippen molar-refractivity contribution in [2.24, 2.45) is 0 Å². The number of nitrogens with one attached hydrogen (secondary N) is 1. The van der Waals surface area contributed by atoms with Crippen molar-refractivity contribution in [3.63, 3.8) is 0 Å². The highest BCUT2D eigenvalue weighted by molar-refractivity contribution is 5.60. The summed E-state index contributed by atoms with van der Waals surface area (Å²) in [4.78, 5) is 3.97. The molecular weight excluding hydrogens is 252 g/mol. The van der Waals surface area contributed by atoms with Crippen molar-refractivity contribution in [1.29, 1.82) is 0 Å². The molecular formula is C14H14N6. The Labute approximate surface area is 116 Å². The molecule has 2 aromatic heterocycles. The molecule has 0 saturated heterocycles. The molecule has 6 heteroatoms. The van der Waals surface area contributed by atoms with Crippen LogP contribution >= 0.6 is 0 Å². The van der Waals surface area contributed by atoms with Crippen LogP contribution in [0.1, 0.15) is 5.56 Å². The number of benzene rings is 1. The third-order valence-electron chi connectivity index (χ3n) is 2.89. The Morgan fingerprint density at radius 1 is 1.25 bits per heavy atom. The summed E-state index contributed by atoms with van der Waals surface area (Å²) >= 11 is 0. The average molecular weight is 266 g/mol. The van der Waals surface area contributed by atoms with Crippen molar-refractivity contribution in [2.75, 3.05) is 5.32 Å². The molecule has 0 unspecified atom stereocenters. The first-order valence-electron chi connectivity index (χ1n) is 6.20. The molecule has 6 nitrogen and oxygen atoms in total. The van der Waals surface area contributed by atoms with E-state index >= 15 is 0 Å². The molecule has 0 aliphatic heterocycles. The maximum Gasteiger partial charge on any atom is 0.138 e. The second-order valence-corrected chi connectivity index (χ2v) is 4.22. The summed E-state index contributed by atoms with van der Waals surface area (Å²) in [5, 5.41) is 11.7. The third-order valence-corrected chi connectivity index (χ3v) is 2.89. The summed E-state index contributed by atoms with van der Waals surface area (Å²) in [5.41, 5.74) is 3.03. The van der Waals surface area contributed by atoms with E-state index < -0.39 is 0 Å².